The van der Waals surface area contributed by atoms with Gasteiger partial charge in [0, 0.05) is 23.2 Å². The van der Waals surface area contributed by atoms with Crippen LogP contribution in [0.15, 0.2) is 65.6 Å². The summed E-state index contributed by atoms with van der Waals surface area (Å²) >= 11 is 0. The molecule has 6 heteroatoms. The third-order valence-electron chi connectivity index (χ3n) is 5.38. The van der Waals surface area contributed by atoms with E-state index in [9.17, 15) is 18.7 Å². The van der Waals surface area contributed by atoms with Gasteiger partial charge in [-0.2, -0.15) is 0 Å². The molecule has 0 aliphatic rings. The first-order chi connectivity index (χ1) is 15.0. The van der Waals surface area contributed by atoms with Gasteiger partial charge in [0.05, 0.1) is 16.8 Å². The van der Waals surface area contributed by atoms with Gasteiger partial charge in [0.2, 0.25) is 0 Å². The quantitative estimate of drug-likeness (QED) is 0.434. The van der Waals surface area contributed by atoms with Crippen LogP contribution in [0.3, 0.4) is 0 Å². The first kappa shape index (κ1) is 21.7. The molecule has 4 aromatic rings. The zero-order valence-corrected chi connectivity index (χ0v) is 18.2. The average molecular weight is 435 g/mol. The van der Waals surface area contributed by atoms with Crippen LogP contribution < -0.4 is 10.2 Å². The summed E-state index contributed by atoms with van der Waals surface area (Å²) in [5, 5.41) is 11.1. The molecule has 0 aliphatic carbocycles. The molecular weight excluding hydrogens is 412 g/mol. The van der Waals surface area contributed by atoms with E-state index in [-0.39, 0.29) is 16.9 Å². The van der Waals surface area contributed by atoms with E-state index in [2.05, 4.69) is 0 Å². The van der Waals surface area contributed by atoms with Crippen LogP contribution in [-0.4, -0.2) is 9.67 Å². The zero-order chi connectivity index (χ0) is 23.2. The van der Waals surface area contributed by atoms with Crippen LogP contribution in [0, 0.1) is 25.5 Å². The highest BCUT2D eigenvalue weighted by molar-refractivity contribution is 5.82. The van der Waals surface area contributed by atoms with Gasteiger partial charge in [-0.05, 0) is 75.2 Å². The molecule has 4 nitrogen and oxygen atoms in total. The molecule has 32 heavy (non-hydrogen) atoms. The number of halogens is 2. The Bertz CT molecular complexity index is 1400. The normalized spacial score (nSPS) is 11.7. The second-order valence-corrected chi connectivity index (χ2v) is 8.45. The van der Waals surface area contributed by atoms with E-state index >= 15 is 0 Å². The second kappa shape index (κ2) is 7.88. The molecule has 0 saturated heterocycles. The number of aromatic nitrogens is 1. The van der Waals surface area contributed by atoms with Crippen molar-refractivity contribution >= 4 is 10.9 Å². The molecule has 0 unspecified atom stereocenters. The average Bonchev–Trinajstić information content (AvgIpc) is 2.72. The predicted molar refractivity (Wildman–Crippen MR) is 121 cm³/mol. The Kier molecular flexibility index (Phi) is 5.34. The Balaban J connectivity index is 2.01. The summed E-state index contributed by atoms with van der Waals surface area (Å²) in [6.45, 7) is 6.96. The van der Waals surface area contributed by atoms with Crippen LogP contribution in [0.4, 0.5) is 8.78 Å². The second-order valence-electron chi connectivity index (χ2n) is 8.45. The third-order valence-corrected chi connectivity index (χ3v) is 5.38. The summed E-state index contributed by atoms with van der Waals surface area (Å²) < 4.78 is 35.3. The highest BCUT2D eigenvalue weighted by Gasteiger charge is 2.21. The molecule has 0 spiro atoms. The molecule has 1 aromatic heterocycles. The fourth-order valence-electron chi connectivity index (χ4n) is 3.62. The minimum absolute atomic E-state index is 0.0815. The fourth-order valence-corrected chi connectivity index (χ4v) is 3.62. The molecule has 0 atom stereocenters. The van der Waals surface area contributed by atoms with Crippen molar-refractivity contribution in [3.63, 3.8) is 0 Å². The summed E-state index contributed by atoms with van der Waals surface area (Å²) in [7, 11) is 0. The summed E-state index contributed by atoms with van der Waals surface area (Å²) in [4.78, 5) is 12.7. The van der Waals surface area contributed by atoms with Crippen molar-refractivity contribution in [2.75, 3.05) is 0 Å². The van der Waals surface area contributed by atoms with Gasteiger partial charge in [0.15, 0.2) is 22.7 Å². The Morgan fingerprint density at radius 3 is 2.34 bits per heavy atom. The number of nitrogens with zero attached hydrogens (tertiary/aromatic N) is 1. The van der Waals surface area contributed by atoms with E-state index in [0.717, 1.165) is 17.7 Å². The van der Waals surface area contributed by atoms with Crippen LogP contribution in [0.5, 0.6) is 11.5 Å². The lowest BCUT2D eigenvalue weighted by Crippen LogP contribution is -2.17. The summed E-state index contributed by atoms with van der Waals surface area (Å²) in [6, 6.07) is 13.7. The summed E-state index contributed by atoms with van der Waals surface area (Å²) in [5.74, 6) is -1.39. The van der Waals surface area contributed by atoms with Crippen molar-refractivity contribution in [1.82, 2.24) is 4.57 Å². The number of hydrogen-bond acceptors (Lipinski definition) is 3. The smallest absolute Gasteiger partial charge is 0.192 e. The molecule has 0 radical (unpaired) electrons. The fraction of sp³-hybridized carbons (Fsp3) is 0.192. The van der Waals surface area contributed by atoms with Crippen molar-refractivity contribution in [3.05, 3.63) is 99.3 Å². The monoisotopic (exact) mass is 435 g/mol. The number of fused-ring (bicyclic) bond motifs is 1. The number of benzene rings is 3. The molecule has 0 amide bonds. The van der Waals surface area contributed by atoms with E-state index in [1.54, 1.807) is 55.8 Å². The summed E-state index contributed by atoms with van der Waals surface area (Å²) in [5.41, 5.74) is 2.02. The van der Waals surface area contributed by atoms with Gasteiger partial charge >= 0.3 is 0 Å². The van der Waals surface area contributed by atoms with E-state index in [1.807, 2.05) is 19.1 Å². The van der Waals surface area contributed by atoms with Crippen molar-refractivity contribution < 1.29 is 18.6 Å². The molecule has 164 valence electrons. The first-order valence-electron chi connectivity index (χ1n) is 10.2. The van der Waals surface area contributed by atoms with Crippen molar-refractivity contribution in [2.45, 2.75) is 33.3 Å². The van der Waals surface area contributed by atoms with Gasteiger partial charge < -0.3 is 14.4 Å². The first-order valence-corrected chi connectivity index (χ1v) is 10.2. The van der Waals surface area contributed by atoms with Crippen LogP contribution >= 0.6 is 0 Å². The molecule has 0 saturated carbocycles. The van der Waals surface area contributed by atoms with Gasteiger partial charge in [-0.3, -0.25) is 4.79 Å². The standard InChI is InChI=1S/C26H23F2NO3/c1-15-5-8-19-21(11-15)29(14-16(2)25(19)30)22-12-17(26(3,4)31)6-9-24(22)32-23-10-7-18(27)13-20(23)28/h5-14,31H,1-4H3. The number of aliphatic hydroxyl groups is 1. The molecule has 0 bridgehead atoms. The maximum Gasteiger partial charge on any atom is 0.192 e. The van der Waals surface area contributed by atoms with Crippen LogP contribution in [0.2, 0.25) is 0 Å². The largest absolute Gasteiger partial charge is 0.452 e. The topological polar surface area (TPSA) is 51.5 Å². The molecule has 0 aliphatic heterocycles. The highest BCUT2D eigenvalue weighted by Crippen LogP contribution is 2.35. The van der Waals surface area contributed by atoms with Crippen molar-refractivity contribution in [1.29, 1.82) is 0 Å². The lowest BCUT2D eigenvalue weighted by Gasteiger charge is -2.22. The van der Waals surface area contributed by atoms with Gasteiger partial charge in [-0.1, -0.05) is 12.1 Å². The minimum atomic E-state index is -1.14. The number of aryl methyl sites for hydroxylation is 2. The zero-order valence-electron chi connectivity index (χ0n) is 18.2. The third kappa shape index (κ3) is 4.01. The molecule has 4 rings (SSSR count). The molecular formula is C26H23F2NO3. The van der Waals surface area contributed by atoms with Crippen LogP contribution in [0.1, 0.15) is 30.5 Å². The molecule has 1 N–H and O–H groups in total. The van der Waals surface area contributed by atoms with Gasteiger partial charge in [-0.25, -0.2) is 8.78 Å². The Hall–Kier alpha value is -3.51. The van der Waals surface area contributed by atoms with E-state index in [4.69, 9.17) is 4.74 Å². The number of rotatable bonds is 4. The number of ether oxygens (including phenoxy) is 1. The summed E-state index contributed by atoms with van der Waals surface area (Å²) in [6.07, 6.45) is 1.70. The van der Waals surface area contributed by atoms with E-state index in [1.165, 1.54) is 6.07 Å². The van der Waals surface area contributed by atoms with Crippen LogP contribution in [0.25, 0.3) is 16.6 Å². The SMILES string of the molecule is Cc1ccc2c(=O)c(C)cn(-c3cc(C(C)(C)O)ccc3Oc3ccc(F)cc3F)c2c1. The molecule has 0 fully saturated rings. The lowest BCUT2D eigenvalue weighted by atomic mass is 9.97. The Morgan fingerprint density at radius 1 is 0.938 bits per heavy atom. The number of hydrogen-bond donors (Lipinski definition) is 1. The van der Waals surface area contributed by atoms with Gasteiger partial charge in [0.1, 0.15) is 5.82 Å². The maximum absolute atomic E-state index is 14.3. The van der Waals surface area contributed by atoms with E-state index in [0.29, 0.717) is 27.7 Å². The van der Waals surface area contributed by atoms with Crippen molar-refractivity contribution in [2.24, 2.45) is 0 Å². The Morgan fingerprint density at radius 2 is 1.66 bits per heavy atom. The maximum atomic E-state index is 14.3. The molecule has 3 aromatic carbocycles. The van der Waals surface area contributed by atoms with E-state index < -0.39 is 17.2 Å². The Labute approximate surface area is 184 Å². The lowest BCUT2D eigenvalue weighted by molar-refractivity contribution is 0.0785. The molecule has 1 heterocycles. The van der Waals surface area contributed by atoms with Gasteiger partial charge in [-0.15, -0.1) is 0 Å². The van der Waals surface area contributed by atoms with Crippen LogP contribution in [-0.2, 0) is 5.60 Å². The van der Waals surface area contributed by atoms with Gasteiger partial charge in [0.25, 0.3) is 0 Å². The number of pyridine rings is 1. The minimum Gasteiger partial charge on any atom is -0.452 e. The highest BCUT2D eigenvalue weighted by atomic mass is 19.1. The van der Waals surface area contributed by atoms with Crippen molar-refractivity contribution in [3.8, 4) is 17.2 Å². The predicted octanol–water partition coefficient (Wildman–Crippen LogP) is 5.91.